The predicted octanol–water partition coefficient (Wildman–Crippen LogP) is 1.86. The number of rotatable bonds is 2. The van der Waals surface area contributed by atoms with Crippen molar-refractivity contribution in [1.29, 1.82) is 0 Å². The molecule has 0 aromatic carbocycles. The van der Waals surface area contributed by atoms with E-state index < -0.39 is 5.97 Å². The van der Waals surface area contributed by atoms with E-state index in [4.69, 9.17) is 21.4 Å². The van der Waals surface area contributed by atoms with Crippen LogP contribution in [-0.2, 0) is 0 Å². The van der Waals surface area contributed by atoms with Gasteiger partial charge in [0.15, 0.2) is 10.9 Å². The fraction of sp³-hybridized carbons (Fsp3) is 0.143. The number of methoxy groups -OCH3 is 1. The van der Waals surface area contributed by atoms with Crippen molar-refractivity contribution in [3.8, 4) is 5.75 Å². The van der Waals surface area contributed by atoms with Gasteiger partial charge in [0.25, 0.3) is 0 Å². The van der Waals surface area contributed by atoms with Gasteiger partial charge in [-0.1, -0.05) is 11.6 Å². The van der Waals surface area contributed by atoms with E-state index in [9.17, 15) is 4.79 Å². The van der Waals surface area contributed by atoms with Crippen molar-refractivity contribution in [2.75, 3.05) is 7.11 Å². The smallest absolute Gasteiger partial charge is 0.354 e. The SMILES string of the molecule is COc1ccc(C(=O)O)nc1Cl.Cl. The maximum atomic E-state index is 10.4. The first-order valence-electron chi connectivity index (χ1n) is 3.09. The lowest BCUT2D eigenvalue weighted by molar-refractivity contribution is 0.0690. The van der Waals surface area contributed by atoms with Gasteiger partial charge in [-0.2, -0.15) is 0 Å². The molecule has 0 aliphatic heterocycles. The van der Waals surface area contributed by atoms with Crippen LogP contribution >= 0.6 is 24.0 Å². The Morgan fingerprint density at radius 2 is 2.23 bits per heavy atom. The van der Waals surface area contributed by atoms with Crippen molar-refractivity contribution in [2.45, 2.75) is 0 Å². The van der Waals surface area contributed by atoms with Crippen LogP contribution in [0.25, 0.3) is 0 Å². The molecule has 1 heterocycles. The predicted molar refractivity (Wildman–Crippen MR) is 50.0 cm³/mol. The van der Waals surface area contributed by atoms with Crippen molar-refractivity contribution < 1.29 is 14.6 Å². The van der Waals surface area contributed by atoms with Gasteiger partial charge in [0.2, 0.25) is 0 Å². The highest BCUT2D eigenvalue weighted by Crippen LogP contribution is 2.21. The van der Waals surface area contributed by atoms with Gasteiger partial charge in [0.1, 0.15) is 5.69 Å². The maximum Gasteiger partial charge on any atom is 0.354 e. The average Bonchev–Trinajstić information content (AvgIpc) is 2.04. The molecule has 0 saturated heterocycles. The third-order valence-corrected chi connectivity index (χ3v) is 1.52. The molecule has 1 aromatic rings. The number of carbonyl (C=O) groups is 1. The number of carboxylic acids is 1. The summed E-state index contributed by atoms with van der Waals surface area (Å²) in [5, 5.41) is 8.56. The van der Waals surface area contributed by atoms with Crippen LogP contribution in [0.4, 0.5) is 0 Å². The summed E-state index contributed by atoms with van der Waals surface area (Å²) in [6, 6.07) is 2.78. The molecule has 6 heteroatoms. The first-order valence-corrected chi connectivity index (χ1v) is 3.46. The summed E-state index contributed by atoms with van der Waals surface area (Å²) in [6.45, 7) is 0. The molecule has 0 radical (unpaired) electrons. The van der Waals surface area contributed by atoms with Gasteiger partial charge < -0.3 is 9.84 Å². The molecule has 1 N–H and O–H groups in total. The van der Waals surface area contributed by atoms with Crippen LogP contribution in [0.3, 0.4) is 0 Å². The number of hydrogen-bond donors (Lipinski definition) is 1. The number of ether oxygens (including phenoxy) is 1. The van der Waals surface area contributed by atoms with Crippen molar-refractivity contribution in [2.24, 2.45) is 0 Å². The van der Waals surface area contributed by atoms with Crippen molar-refractivity contribution in [1.82, 2.24) is 4.98 Å². The second-order valence-electron chi connectivity index (χ2n) is 1.99. The Bertz CT molecular complexity index is 317. The Labute approximate surface area is 85.9 Å². The van der Waals surface area contributed by atoms with E-state index in [1.807, 2.05) is 0 Å². The molecule has 0 aliphatic rings. The molecule has 0 amide bonds. The van der Waals surface area contributed by atoms with E-state index >= 15 is 0 Å². The van der Waals surface area contributed by atoms with Gasteiger partial charge >= 0.3 is 5.97 Å². The third-order valence-electron chi connectivity index (χ3n) is 1.25. The lowest BCUT2D eigenvalue weighted by Gasteiger charge is -2.01. The summed E-state index contributed by atoms with van der Waals surface area (Å²) in [7, 11) is 1.43. The van der Waals surface area contributed by atoms with Crippen LogP contribution in [0, 0.1) is 0 Å². The highest BCUT2D eigenvalue weighted by atomic mass is 35.5. The van der Waals surface area contributed by atoms with Crippen LogP contribution in [0.15, 0.2) is 12.1 Å². The summed E-state index contributed by atoms with van der Waals surface area (Å²) >= 11 is 5.57. The molecule has 0 bridgehead atoms. The molecule has 1 aromatic heterocycles. The van der Waals surface area contributed by atoms with Crippen LogP contribution < -0.4 is 4.74 Å². The fourth-order valence-electron chi connectivity index (χ4n) is 0.693. The molecule has 0 fully saturated rings. The Kier molecular flexibility index (Phi) is 4.51. The summed E-state index contributed by atoms with van der Waals surface area (Å²) in [6.07, 6.45) is 0. The summed E-state index contributed by atoms with van der Waals surface area (Å²) < 4.78 is 4.79. The average molecular weight is 224 g/mol. The molecule has 4 nitrogen and oxygen atoms in total. The minimum atomic E-state index is -1.11. The summed E-state index contributed by atoms with van der Waals surface area (Å²) in [5.74, 6) is -0.749. The number of hydrogen-bond acceptors (Lipinski definition) is 3. The summed E-state index contributed by atoms with van der Waals surface area (Å²) in [4.78, 5) is 14.0. The van der Waals surface area contributed by atoms with E-state index in [-0.39, 0.29) is 23.3 Å². The Morgan fingerprint density at radius 1 is 1.62 bits per heavy atom. The van der Waals surface area contributed by atoms with Gasteiger partial charge in [-0.05, 0) is 12.1 Å². The van der Waals surface area contributed by atoms with Crippen molar-refractivity contribution in [3.05, 3.63) is 23.0 Å². The molecule has 0 saturated carbocycles. The minimum Gasteiger partial charge on any atom is -0.494 e. The number of nitrogens with zero attached hydrogens (tertiary/aromatic N) is 1. The number of aromatic carboxylic acids is 1. The zero-order chi connectivity index (χ0) is 9.14. The fourth-order valence-corrected chi connectivity index (χ4v) is 0.924. The zero-order valence-corrected chi connectivity index (χ0v) is 8.22. The highest BCUT2D eigenvalue weighted by Gasteiger charge is 2.08. The second-order valence-corrected chi connectivity index (χ2v) is 2.35. The van der Waals surface area contributed by atoms with Crippen molar-refractivity contribution in [3.63, 3.8) is 0 Å². The third kappa shape index (κ3) is 2.75. The lowest BCUT2D eigenvalue weighted by Crippen LogP contribution is -2.00. The molecule has 0 aliphatic carbocycles. The standard InChI is InChI=1S/C7H6ClNO3.ClH/c1-12-5-3-2-4(7(10)11)9-6(5)8;/h2-3H,1H3,(H,10,11);1H. The molecule has 13 heavy (non-hydrogen) atoms. The van der Waals surface area contributed by atoms with Gasteiger partial charge in [0.05, 0.1) is 7.11 Å². The summed E-state index contributed by atoms with van der Waals surface area (Å²) in [5.41, 5.74) is -0.0965. The second kappa shape index (κ2) is 4.89. The largest absolute Gasteiger partial charge is 0.494 e. The highest BCUT2D eigenvalue weighted by molar-refractivity contribution is 6.31. The van der Waals surface area contributed by atoms with E-state index in [1.165, 1.54) is 19.2 Å². The van der Waals surface area contributed by atoms with Crippen LogP contribution in [0.5, 0.6) is 5.75 Å². The molecule has 1 rings (SSSR count). The minimum absolute atomic E-state index is 0. The number of pyridine rings is 1. The van der Waals surface area contributed by atoms with E-state index in [1.54, 1.807) is 0 Å². The lowest BCUT2D eigenvalue weighted by atomic mass is 10.3. The number of aromatic nitrogens is 1. The normalized spacial score (nSPS) is 8.77. The van der Waals surface area contributed by atoms with Crippen LogP contribution in [0.2, 0.25) is 5.15 Å². The first-order chi connectivity index (χ1) is 5.65. The maximum absolute atomic E-state index is 10.4. The molecular weight excluding hydrogens is 217 g/mol. The van der Waals surface area contributed by atoms with Gasteiger partial charge in [-0.25, -0.2) is 9.78 Å². The molecular formula is C7H7Cl2NO3. The molecule has 0 atom stereocenters. The van der Waals surface area contributed by atoms with Crippen LogP contribution in [-0.4, -0.2) is 23.2 Å². The topological polar surface area (TPSA) is 59.4 Å². The van der Waals surface area contributed by atoms with Gasteiger partial charge in [0, 0.05) is 0 Å². The Balaban J connectivity index is 0.00000144. The Hall–Kier alpha value is -1.00. The molecule has 0 unspecified atom stereocenters. The quantitative estimate of drug-likeness (QED) is 0.779. The van der Waals surface area contributed by atoms with E-state index in [0.29, 0.717) is 5.75 Å². The van der Waals surface area contributed by atoms with Crippen molar-refractivity contribution >= 4 is 30.0 Å². The zero-order valence-electron chi connectivity index (χ0n) is 6.65. The van der Waals surface area contributed by atoms with Gasteiger partial charge in [-0.15, -0.1) is 12.4 Å². The Morgan fingerprint density at radius 3 is 2.62 bits per heavy atom. The van der Waals surface area contributed by atoms with Crippen LogP contribution in [0.1, 0.15) is 10.5 Å². The molecule has 0 spiro atoms. The van der Waals surface area contributed by atoms with E-state index in [2.05, 4.69) is 4.98 Å². The monoisotopic (exact) mass is 223 g/mol. The van der Waals surface area contributed by atoms with Gasteiger partial charge in [-0.3, -0.25) is 0 Å². The number of halogens is 2. The van der Waals surface area contributed by atoms with E-state index in [0.717, 1.165) is 0 Å². The number of carboxylic acid groups (broad SMARTS) is 1. The first kappa shape index (κ1) is 12.0. The molecule has 72 valence electrons.